The smallest absolute Gasteiger partial charge is 0.167 e. The molecule has 0 aliphatic heterocycles. The van der Waals surface area contributed by atoms with Crippen LogP contribution in [-0.4, -0.2) is 14.4 Å². The van der Waals surface area contributed by atoms with Gasteiger partial charge in [-0.2, -0.15) is 0 Å². The average molecular weight is 368 g/mol. The molecule has 0 aromatic rings. The highest BCUT2D eigenvalue weighted by Gasteiger charge is 2.70. The molecular weight excluding hydrogens is 344 g/mol. The number of Topliss-reactive ketones (excluding diaryl/α,β-unsaturated/α-hetero) is 1. The van der Waals surface area contributed by atoms with Gasteiger partial charge in [-0.3, -0.25) is 4.79 Å². The highest BCUT2D eigenvalue weighted by molar-refractivity contribution is 9.11. The third-order valence-electron chi connectivity index (χ3n) is 5.12. The van der Waals surface area contributed by atoms with Gasteiger partial charge >= 0.3 is 0 Å². The summed E-state index contributed by atoms with van der Waals surface area (Å²) in [7, 11) is 0. The topological polar surface area (TPSA) is 17.1 Å². The minimum Gasteiger partial charge on any atom is -0.296 e. The van der Waals surface area contributed by atoms with Gasteiger partial charge in [0.2, 0.25) is 0 Å². The van der Waals surface area contributed by atoms with Crippen molar-refractivity contribution in [3.63, 3.8) is 0 Å². The van der Waals surface area contributed by atoms with Gasteiger partial charge in [-0.25, -0.2) is 0 Å². The highest BCUT2D eigenvalue weighted by Crippen LogP contribution is 2.64. The maximum absolute atomic E-state index is 12.7. The van der Waals surface area contributed by atoms with Gasteiger partial charge in [0.15, 0.2) is 5.78 Å². The molecule has 1 aliphatic carbocycles. The summed E-state index contributed by atoms with van der Waals surface area (Å²) in [5.41, 5.74) is 0.0103. The third kappa shape index (κ3) is 1.96. The number of ketones is 1. The number of alkyl halides is 2. The number of rotatable bonds is 4. The van der Waals surface area contributed by atoms with Gasteiger partial charge in [0, 0.05) is 0 Å². The molecule has 0 spiro atoms. The first-order valence-corrected chi connectivity index (χ1v) is 8.00. The Labute approximate surface area is 122 Å². The molecule has 0 aromatic carbocycles. The predicted molar refractivity (Wildman–Crippen MR) is 81.1 cm³/mol. The first kappa shape index (κ1) is 15.7. The fourth-order valence-electron chi connectivity index (χ4n) is 2.36. The lowest BCUT2D eigenvalue weighted by Gasteiger charge is -2.60. The maximum Gasteiger partial charge on any atom is 0.167 e. The molecule has 0 amide bonds. The van der Waals surface area contributed by atoms with Gasteiger partial charge in [-0.1, -0.05) is 73.4 Å². The standard InChI is InChI=1S/C14H24Br2O/c1-7-11(3,4)13(15)9-14(16,10(13)17)12(5,6)8-2/h7-9H2,1-6H3/t13-,14+. The van der Waals surface area contributed by atoms with Gasteiger partial charge in [0.1, 0.15) is 0 Å². The minimum absolute atomic E-state index is 0.00513. The molecule has 1 rings (SSSR count). The molecule has 1 aliphatic rings. The molecule has 0 saturated heterocycles. The number of carbonyl (C=O) groups is 1. The van der Waals surface area contributed by atoms with E-state index >= 15 is 0 Å². The predicted octanol–water partition coefficient (Wildman–Crippen LogP) is 5.10. The first-order chi connectivity index (χ1) is 7.48. The van der Waals surface area contributed by atoms with Gasteiger partial charge in [-0.15, -0.1) is 0 Å². The first-order valence-electron chi connectivity index (χ1n) is 6.41. The van der Waals surface area contributed by atoms with Crippen LogP contribution in [0.15, 0.2) is 0 Å². The summed E-state index contributed by atoms with van der Waals surface area (Å²) in [5, 5.41) is 0. The zero-order valence-electron chi connectivity index (χ0n) is 11.8. The molecule has 1 saturated carbocycles. The summed E-state index contributed by atoms with van der Waals surface area (Å²) in [6.07, 6.45) is 2.87. The fraction of sp³-hybridized carbons (Fsp3) is 0.929. The van der Waals surface area contributed by atoms with Crippen LogP contribution in [0.2, 0.25) is 0 Å². The van der Waals surface area contributed by atoms with Crippen LogP contribution in [0.4, 0.5) is 0 Å². The van der Waals surface area contributed by atoms with Gasteiger partial charge < -0.3 is 0 Å². The summed E-state index contributed by atoms with van der Waals surface area (Å²) >= 11 is 7.47. The summed E-state index contributed by atoms with van der Waals surface area (Å²) in [6.45, 7) is 13.0. The molecule has 0 heterocycles. The molecule has 0 N–H and O–H groups in total. The highest BCUT2D eigenvalue weighted by atomic mass is 79.9. The Balaban J connectivity index is 3.04. The zero-order chi connectivity index (χ0) is 13.7. The molecule has 3 heteroatoms. The van der Waals surface area contributed by atoms with Gasteiger partial charge in [0.05, 0.1) is 8.65 Å². The normalized spacial score (nSPS) is 34.7. The molecule has 0 unspecified atom stereocenters. The van der Waals surface area contributed by atoms with E-state index in [1.165, 1.54) is 0 Å². The molecule has 17 heavy (non-hydrogen) atoms. The monoisotopic (exact) mass is 366 g/mol. The van der Waals surface area contributed by atoms with Crippen molar-refractivity contribution < 1.29 is 4.79 Å². The van der Waals surface area contributed by atoms with E-state index in [-0.39, 0.29) is 19.5 Å². The molecule has 1 fully saturated rings. The number of hydrogen-bond acceptors (Lipinski definition) is 1. The molecule has 0 bridgehead atoms. The molecule has 2 atom stereocenters. The molecule has 0 radical (unpaired) electrons. The maximum atomic E-state index is 12.7. The Morgan fingerprint density at radius 2 is 1.29 bits per heavy atom. The second kappa shape index (κ2) is 4.33. The minimum atomic E-state index is -0.356. The lowest BCUT2D eigenvalue weighted by atomic mass is 9.53. The number of carbonyl (C=O) groups excluding carboxylic acids is 1. The van der Waals surface area contributed by atoms with Crippen LogP contribution >= 0.6 is 31.9 Å². The fourth-order valence-corrected chi connectivity index (χ4v) is 5.08. The van der Waals surface area contributed by atoms with Gasteiger partial charge in [0.25, 0.3) is 0 Å². The lowest BCUT2D eigenvalue weighted by Crippen LogP contribution is -2.71. The SMILES string of the molecule is CCC(C)(C)[C@@]1(Br)C[C@@](Br)(C(C)(C)CC)C1=O. The van der Waals surface area contributed by atoms with Crippen LogP contribution < -0.4 is 0 Å². The van der Waals surface area contributed by atoms with Crippen molar-refractivity contribution in [3.05, 3.63) is 0 Å². The van der Waals surface area contributed by atoms with E-state index in [4.69, 9.17) is 0 Å². The van der Waals surface area contributed by atoms with Crippen LogP contribution in [0, 0.1) is 10.8 Å². The van der Waals surface area contributed by atoms with E-state index in [9.17, 15) is 4.79 Å². The van der Waals surface area contributed by atoms with Crippen molar-refractivity contribution in [3.8, 4) is 0 Å². The summed E-state index contributed by atoms with van der Waals surface area (Å²) in [6, 6.07) is 0. The van der Waals surface area contributed by atoms with Crippen molar-refractivity contribution in [1.82, 2.24) is 0 Å². The average Bonchev–Trinajstić information content (AvgIpc) is 2.27. The zero-order valence-corrected chi connectivity index (χ0v) is 15.0. The van der Waals surface area contributed by atoms with Crippen LogP contribution in [0.5, 0.6) is 0 Å². The Hall–Kier alpha value is 0.630. The van der Waals surface area contributed by atoms with Crippen LogP contribution in [0.1, 0.15) is 60.8 Å². The third-order valence-corrected chi connectivity index (χ3v) is 8.55. The Bertz CT molecular complexity index is 305. The van der Waals surface area contributed by atoms with E-state index < -0.39 is 0 Å². The van der Waals surface area contributed by atoms with Crippen LogP contribution in [0.3, 0.4) is 0 Å². The molecule has 0 aromatic heterocycles. The largest absolute Gasteiger partial charge is 0.296 e. The van der Waals surface area contributed by atoms with Crippen LogP contribution in [-0.2, 0) is 4.79 Å². The van der Waals surface area contributed by atoms with E-state index in [0.717, 1.165) is 19.3 Å². The second-order valence-corrected chi connectivity index (χ2v) is 9.29. The van der Waals surface area contributed by atoms with Gasteiger partial charge in [-0.05, 0) is 30.1 Å². The Morgan fingerprint density at radius 3 is 1.47 bits per heavy atom. The van der Waals surface area contributed by atoms with E-state index in [0.29, 0.717) is 5.78 Å². The van der Waals surface area contributed by atoms with Crippen LogP contribution in [0.25, 0.3) is 0 Å². The molecular formula is C14H24Br2O. The number of hydrogen-bond donors (Lipinski definition) is 0. The van der Waals surface area contributed by atoms with E-state index in [2.05, 4.69) is 73.4 Å². The summed E-state index contributed by atoms with van der Waals surface area (Å²) in [4.78, 5) is 12.7. The molecule has 100 valence electrons. The van der Waals surface area contributed by atoms with Crippen molar-refractivity contribution in [2.24, 2.45) is 10.8 Å². The second-order valence-electron chi connectivity index (χ2n) is 6.58. The lowest BCUT2D eigenvalue weighted by molar-refractivity contribution is -0.139. The number of halogens is 2. The van der Waals surface area contributed by atoms with E-state index in [1.807, 2.05) is 0 Å². The van der Waals surface area contributed by atoms with Crippen molar-refractivity contribution >= 4 is 37.6 Å². The quantitative estimate of drug-likeness (QED) is 0.631. The summed E-state index contributed by atoms with van der Waals surface area (Å²) in [5.74, 6) is 0.323. The van der Waals surface area contributed by atoms with Crippen molar-refractivity contribution in [2.75, 3.05) is 0 Å². The molecule has 1 nitrogen and oxygen atoms in total. The Kier molecular flexibility index (Phi) is 4.00. The Morgan fingerprint density at radius 1 is 1.00 bits per heavy atom. The summed E-state index contributed by atoms with van der Waals surface area (Å²) < 4.78 is -0.713. The van der Waals surface area contributed by atoms with Crippen molar-refractivity contribution in [2.45, 2.75) is 69.5 Å². The van der Waals surface area contributed by atoms with Crippen molar-refractivity contribution in [1.29, 1.82) is 0 Å². The van der Waals surface area contributed by atoms with E-state index in [1.54, 1.807) is 0 Å².